The molecule has 126 valence electrons. The van der Waals surface area contributed by atoms with E-state index in [4.69, 9.17) is 16.3 Å². The van der Waals surface area contributed by atoms with Crippen LogP contribution in [0.25, 0.3) is 0 Å². The number of cyclic esters (lactones) is 1. The number of anilines is 1. The van der Waals surface area contributed by atoms with Crippen LogP contribution in [0.4, 0.5) is 5.69 Å². The SMILES string of the molecule is Cc1ccc(C2CC(=O)N(c3ccc(Cl)cc3)C3=C2C(=O)OC3)cc1. The van der Waals surface area contributed by atoms with Crippen LogP contribution in [0.1, 0.15) is 23.5 Å². The maximum Gasteiger partial charge on any atom is 0.336 e. The van der Waals surface area contributed by atoms with Gasteiger partial charge >= 0.3 is 5.97 Å². The van der Waals surface area contributed by atoms with Crippen molar-refractivity contribution in [1.29, 1.82) is 0 Å². The second kappa shape index (κ2) is 6.05. The van der Waals surface area contributed by atoms with Gasteiger partial charge < -0.3 is 4.74 Å². The zero-order chi connectivity index (χ0) is 17.6. The molecule has 2 aliphatic heterocycles. The maximum absolute atomic E-state index is 12.9. The zero-order valence-corrected chi connectivity index (χ0v) is 14.4. The third kappa shape index (κ3) is 2.72. The molecule has 0 bridgehead atoms. The van der Waals surface area contributed by atoms with Crippen LogP contribution in [0.3, 0.4) is 0 Å². The largest absolute Gasteiger partial charge is 0.456 e. The fraction of sp³-hybridized carbons (Fsp3) is 0.200. The molecule has 2 aromatic rings. The molecule has 1 unspecified atom stereocenters. The van der Waals surface area contributed by atoms with Gasteiger partial charge in [0.2, 0.25) is 5.91 Å². The highest BCUT2D eigenvalue weighted by molar-refractivity contribution is 6.30. The molecular formula is C20H16ClNO3. The highest BCUT2D eigenvalue weighted by atomic mass is 35.5. The number of aryl methyl sites for hydroxylation is 1. The Morgan fingerprint density at radius 2 is 1.72 bits per heavy atom. The number of hydrogen-bond acceptors (Lipinski definition) is 3. The molecule has 2 heterocycles. The van der Waals surface area contributed by atoms with Crippen LogP contribution in [0.2, 0.25) is 5.02 Å². The van der Waals surface area contributed by atoms with E-state index in [1.54, 1.807) is 29.2 Å². The summed E-state index contributed by atoms with van der Waals surface area (Å²) in [5, 5.41) is 0.596. The summed E-state index contributed by atoms with van der Waals surface area (Å²) < 4.78 is 5.27. The molecule has 1 amide bonds. The lowest BCUT2D eigenvalue weighted by atomic mass is 9.84. The van der Waals surface area contributed by atoms with Crippen LogP contribution in [0.5, 0.6) is 0 Å². The molecule has 0 saturated carbocycles. The number of halogens is 1. The molecule has 2 aliphatic rings. The van der Waals surface area contributed by atoms with E-state index < -0.39 is 0 Å². The van der Waals surface area contributed by atoms with Gasteiger partial charge in [-0.05, 0) is 36.8 Å². The van der Waals surface area contributed by atoms with Gasteiger partial charge in [-0.25, -0.2) is 4.79 Å². The van der Waals surface area contributed by atoms with Crippen molar-refractivity contribution < 1.29 is 14.3 Å². The Hall–Kier alpha value is -2.59. The Kier molecular flexibility index (Phi) is 3.85. The van der Waals surface area contributed by atoms with Crippen molar-refractivity contribution in [3.63, 3.8) is 0 Å². The van der Waals surface area contributed by atoms with Crippen molar-refractivity contribution in [1.82, 2.24) is 0 Å². The van der Waals surface area contributed by atoms with Crippen LogP contribution < -0.4 is 4.90 Å². The van der Waals surface area contributed by atoms with Crippen molar-refractivity contribution in [2.24, 2.45) is 0 Å². The van der Waals surface area contributed by atoms with E-state index in [9.17, 15) is 9.59 Å². The summed E-state index contributed by atoms with van der Waals surface area (Å²) in [6.45, 7) is 2.12. The van der Waals surface area contributed by atoms with Crippen molar-refractivity contribution in [3.8, 4) is 0 Å². The predicted octanol–water partition coefficient (Wildman–Crippen LogP) is 3.98. The zero-order valence-electron chi connectivity index (χ0n) is 13.7. The van der Waals surface area contributed by atoms with Crippen LogP contribution in [-0.2, 0) is 14.3 Å². The number of carbonyl (C=O) groups is 2. The summed E-state index contributed by atoms with van der Waals surface area (Å²) in [7, 11) is 0. The Morgan fingerprint density at radius 1 is 1.04 bits per heavy atom. The lowest BCUT2D eigenvalue weighted by Crippen LogP contribution is -2.37. The van der Waals surface area contributed by atoms with Gasteiger partial charge in [0.1, 0.15) is 6.61 Å². The third-order valence-corrected chi connectivity index (χ3v) is 4.93. The fourth-order valence-electron chi connectivity index (χ4n) is 3.43. The number of amides is 1. The molecule has 0 radical (unpaired) electrons. The minimum atomic E-state index is -0.341. The molecule has 0 saturated heterocycles. The minimum absolute atomic E-state index is 0.0510. The Labute approximate surface area is 150 Å². The van der Waals surface area contributed by atoms with E-state index in [-0.39, 0.29) is 30.8 Å². The second-order valence-electron chi connectivity index (χ2n) is 6.31. The molecule has 0 spiro atoms. The molecule has 0 fully saturated rings. The molecule has 0 aromatic heterocycles. The van der Waals surface area contributed by atoms with Gasteiger partial charge in [-0.2, -0.15) is 0 Å². The first-order valence-corrected chi connectivity index (χ1v) is 8.47. The molecule has 0 N–H and O–H groups in total. The van der Waals surface area contributed by atoms with Gasteiger partial charge in [-0.15, -0.1) is 0 Å². The predicted molar refractivity (Wildman–Crippen MR) is 95.5 cm³/mol. The summed E-state index contributed by atoms with van der Waals surface area (Å²) in [4.78, 5) is 26.8. The molecule has 1 atom stereocenters. The molecule has 25 heavy (non-hydrogen) atoms. The van der Waals surface area contributed by atoms with Crippen molar-refractivity contribution in [2.45, 2.75) is 19.3 Å². The summed E-state index contributed by atoms with van der Waals surface area (Å²) in [5.41, 5.74) is 4.01. The molecule has 5 heteroatoms. The third-order valence-electron chi connectivity index (χ3n) is 4.68. The highest BCUT2D eigenvalue weighted by Crippen LogP contribution is 2.41. The van der Waals surface area contributed by atoms with Crippen LogP contribution in [0, 0.1) is 6.92 Å². The van der Waals surface area contributed by atoms with E-state index in [1.807, 2.05) is 31.2 Å². The van der Waals surface area contributed by atoms with Crippen LogP contribution >= 0.6 is 11.6 Å². The van der Waals surface area contributed by atoms with Gasteiger partial charge in [0.05, 0.1) is 11.3 Å². The summed E-state index contributed by atoms with van der Waals surface area (Å²) in [6.07, 6.45) is 0.236. The van der Waals surface area contributed by atoms with Gasteiger partial charge in [-0.3, -0.25) is 9.69 Å². The molecule has 4 rings (SSSR count). The first kappa shape index (κ1) is 15.9. The standard InChI is InChI=1S/C20H16ClNO3/c1-12-2-4-13(5-3-12)16-10-18(23)22(15-8-6-14(21)7-9-15)17-11-25-20(24)19(16)17/h2-9,16H,10-11H2,1H3. The Bertz CT molecular complexity index is 884. The van der Waals surface area contributed by atoms with Crippen LogP contribution in [0.15, 0.2) is 59.8 Å². The topological polar surface area (TPSA) is 46.6 Å². The van der Waals surface area contributed by atoms with Gasteiger partial charge in [0.25, 0.3) is 0 Å². The van der Waals surface area contributed by atoms with Crippen molar-refractivity contribution in [3.05, 3.63) is 76.0 Å². The number of hydrogen-bond donors (Lipinski definition) is 0. The second-order valence-corrected chi connectivity index (χ2v) is 6.75. The molecular weight excluding hydrogens is 338 g/mol. The summed E-state index contributed by atoms with van der Waals surface area (Å²) in [6, 6.07) is 14.9. The lowest BCUT2D eigenvalue weighted by molar-refractivity contribution is -0.136. The first-order chi connectivity index (χ1) is 12.0. The van der Waals surface area contributed by atoms with Gasteiger partial charge in [0, 0.05) is 23.0 Å². The molecule has 2 aromatic carbocycles. The maximum atomic E-state index is 12.9. The van der Waals surface area contributed by atoms with Gasteiger partial charge in [-0.1, -0.05) is 41.4 Å². The number of ether oxygens (including phenoxy) is 1. The highest BCUT2D eigenvalue weighted by Gasteiger charge is 2.42. The minimum Gasteiger partial charge on any atom is -0.456 e. The average molecular weight is 354 g/mol. The lowest BCUT2D eigenvalue weighted by Gasteiger charge is -2.32. The van der Waals surface area contributed by atoms with E-state index in [0.717, 1.165) is 11.1 Å². The number of carbonyl (C=O) groups excluding carboxylic acids is 2. The van der Waals surface area contributed by atoms with E-state index in [1.165, 1.54) is 0 Å². The fourth-order valence-corrected chi connectivity index (χ4v) is 3.55. The van der Waals surface area contributed by atoms with E-state index in [0.29, 0.717) is 22.0 Å². The normalized spacial score (nSPS) is 19.9. The number of nitrogens with zero attached hydrogens (tertiary/aromatic N) is 1. The summed E-state index contributed by atoms with van der Waals surface area (Å²) >= 11 is 5.94. The average Bonchev–Trinajstić information content (AvgIpc) is 2.98. The number of esters is 1. The molecule has 4 nitrogen and oxygen atoms in total. The Balaban J connectivity index is 1.81. The van der Waals surface area contributed by atoms with Gasteiger partial charge in [0.15, 0.2) is 0 Å². The van der Waals surface area contributed by atoms with E-state index >= 15 is 0 Å². The van der Waals surface area contributed by atoms with E-state index in [2.05, 4.69) is 0 Å². The monoisotopic (exact) mass is 353 g/mol. The smallest absolute Gasteiger partial charge is 0.336 e. The van der Waals surface area contributed by atoms with Crippen LogP contribution in [-0.4, -0.2) is 18.5 Å². The first-order valence-electron chi connectivity index (χ1n) is 8.10. The number of benzene rings is 2. The van der Waals surface area contributed by atoms with Crippen molar-refractivity contribution >= 4 is 29.2 Å². The van der Waals surface area contributed by atoms with Crippen molar-refractivity contribution in [2.75, 3.05) is 11.5 Å². The quantitative estimate of drug-likeness (QED) is 0.767. The molecule has 0 aliphatic carbocycles. The number of rotatable bonds is 2. The summed E-state index contributed by atoms with van der Waals surface area (Å²) in [5.74, 6) is -0.654. The Morgan fingerprint density at radius 3 is 2.40 bits per heavy atom.